The van der Waals surface area contributed by atoms with Crippen LogP contribution >= 0.6 is 15.9 Å². The molecule has 0 aliphatic heterocycles. The summed E-state index contributed by atoms with van der Waals surface area (Å²) in [5.41, 5.74) is 2.58. The molecule has 3 heteroatoms. The number of carbonyl (C=O) groups is 1. The lowest BCUT2D eigenvalue weighted by molar-refractivity contribution is 0.0963. The summed E-state index contributed by atoms with van der Waals surface area (Å²) in [5, 5.41) is 0. The predicted molar refractivity (Wildman–Crippen MR) is 75.9 cm³/mol. The van der Waals surface area contributed by atoms with Crippen LogP contribution in [0.1, 0.15) is 34.5 Å². The van der Waals surface area contributed by atoms with Crippen molar-refractivity contribution in [3.05, 3.63) is 63.9 Å². The number of hydrogen-bond acceptors (Lipinski definition) is 2. The van der Waals surface area contributed by atoms with Gasteiger partial charge in [-0.1, -0.05) is 24.3 Å². The molecule has 0 spiro atoms. The van der Waals surface area contributed by atoms with Crippen LogP contribution < -0.4 is 0 Å². The Morgan fingerprint density at radius 1 is 1.22 bits per heavy atom. The minimum atomic E-state index is -0.232. The van der Waals surface area contributed by atoms with E-state index in [-0.39, 0.29) is 11.7 Å². The molecule has 2 rings (SSSR count). The monoisotopic (exact) mass is 303 g/mol. The number of aromatic nitrogens is 1. The van der Waals surface area contributed by atoms with E-state index in [0.29, 0.717) is 5.56 Å². The Labute approximate surface area is 115 Å². The molecule has 1 unspecified atom stereocenters. The second kappa shape index (κ2) is 5.44. The Bertz CT molecular complexity index is 566. The summed E-state index contributed by atoms with van der Waals surface area (Å²) in [5.74, 6) is -0.145. The number of ketones is 1. The fourth-order valence-corrected chi connectivity index (χ4v) is 2.30. The molecule has 0 fully saturated rings. The van der Waals surface area contributed by atoms with Crippen LogP contribution in [0.3, 0.4) is 0 Å². The van der Waals surface area contributed by atoms with Gasteiger partial charge in [0.15, 0.2) is 5.78 Å². The lowest BCUT2D eigenvalue weighted by atomic mass is 9.95. The molecule has 0 bridgehead atoms. The van der Waals surface area contributed by atoms with E-state index in [4.69, 9.17) is 0 Å². The highest BCUT2D eigenvalue weighted by Crippen LogP contribution is 2.26. The first-order chi connectivity index (χ1) is 8.61. The van der Waals surface area contributed by atoms with Crippen LogP contribution in [0.15, 0.2) is 47.1 Å². The van der Waals surface area contributed by atoms with Gasteiger partial charge in [0, 0.05) is 16.2 Å². The number of carbonyl (C=O) groups excluding carboxylic acids is 1. The zero-order chi connectivity index (χ0) is 13.1. The lowest BCUT2D eigenvalue weighted by Gasteiger charge is -2.12. The SMILES string of the molecule is Cc1cccc(C(=O)C(C)c2ccccn2)c1Br. The number of Topliss-reactive ketones (excluding diaryl/α,β-unsaturated/α-hetero) is 1. The molecule has 0 aliphatic carbocycles. The van der Waals surface area contributed by atoms with Gasteiger partial charge in [0.05, 0.1) is 11.6 Å². The topological polar surface area (TPSA) is 30.0 Å². The van der Waals surface area contributed by atoms with Gasteiger partial charge in [-0.05, 0) is 47.5 Å². The van der Waals surface area contributed by atoms with Crippen LogP contribution in [-0.2, 0) is 0 Å². The molecule has 1 heterocycles. The molecule has 18 heavy (non-hydrogen) atoms. The number of benzene rings is 1. The summed E-state index contributed by atoms with van der Waals surface area (Å²) in [4.78, 5) is 16.7. The third-order valence-corrected chi connectivity index (χ3v) is 4.03. The third-order valence-electron chi connectivity index (χ3n) is 2.98. The zero-order valence-corrected chi connectivity index (χ0v) is 11.9. The molecule has 0 amide bonds. The van der Waals surface area contributed by atoms with E-state index >= 15 is 0 Å². The van der Waals surface area contributed by atoms with Gasteiger partial charge >= 0.3 is 0 Å². The first-order valence-corrected chi connectivity index (χ1v) is 6.61. The van der Waals surface area contributed by atoms with Crippen LogP contribution in [0.2, 0.25) is 0 Å². The van der Waals surface area contributed by atoms with E-state index in [2.05, 4.69) is 20.9 Å². The maximum absolute atomic E-state index is 12.4. The van der Waals surface area contributed by atoms with Gasteiger partial charge in [-0.3, -0.25) is 9.78 Å². The van der Waals surface area contributed by atoms with E-state index in [1.54, 1.807) is 6.20 Å². The summed E-state index contributed by atoms with van der Waals surface area (Å²) in [6, 6.07) is 11.4. The van der Waals surface area contributed by atoms with E-state index in [9.17, 15) is 4.79 Å². The van der Waals surface area contributed by atoms with Gasteiger partial charge in [-0.25, -0.2) is 0 Å². The van der Waals surface area contributed by atoms with Crippen molar-refractivity contribution in [3.63, 3.8) is 0 Å². The average molecular weight is 304 g/mol. The highest BCUT2D eigenvalue weighted by molar-refractivity contribution is 9.10. The molecule has 0 aliphatic rings. The molecule has 0 saturated carbocycles. The molecular formula is C15H14BrNO. The Balaban J connectivity index is 2.35. The number of aryl methyl sites for hydroxylation is 1. The first-order valence-electron chi connectivity index (χ1n) is 5.81. The molecule has 2 aromatic rings. The van der Waals surface area contributed by atoms with Crippen molar-refractivity contribution in [2.24, 2.45) is 0 Å². The summed E-state index contributed by atoms with van der Waals surface area (Å²) < 4.78 is 0.873. The van der Waals surface area contributed by atoms with Crippen LogP contribution in [0.4, 0.5) is 0 Å². The minimum absolute atomic E-state index is 0.0873. The van der Waals surface area contributed by atoms with E-state index in [0.717, 1.165) is 15.7 Å². The van der Waals surface area contributed by atoms with Gasteiger partial charge in [0.2, 0.25) is 0 Å². The Morgan fingerprint density at radius 2 is 2.00 bits per heavy atom. The average Bonchev–Trinajstić information content (AvgIpc) is 2.41. The Morgan fingerprint density at radius 3 is 2.67 bits per heavy atom. The maximum atomic E-state index is 12.4. The second-order valence-electron chi connectivity index (χ2n) is 4.28. The quantitative estimate of drug-likeness (QED) is 0.798. The third kappa shape index (κ3) is 2.51. The zero-order valence-electron chi connectivity index (χ0n) is 10.4. The number of halogens is 1. The lowest BCUT2D eigenvalue weighted by Crippen LogP contribution is -2.12. The molecule has 0 N–H and O–H groups in total. The van der Waals surface area contributed by atoms with Crippen molar-refractivity contribution in [1.29, 1.82) is 0 Å². The largest absolute Gasteiger partial charge is 0.293 e. The predicted octanol–water partition coefficient (Wildman–Crippen LogP) is 4.14. The number of nitrogens with zero attached hydrogens (tertiary/aromatic N) is 1. The highest BCUT2D eigenvalue weighted by atomic mass is 79.9. The Kier molecular flexibility index (Phi) is 3.92. The van der Waals surface area contributed by atoms with E-state index < -0.39 is 0 Å². The fourth-order valence-electron chi connectivity index (χ4n) is 1.84. The van der Waals surface area contributed by atoms with Crippen LogP contribution in [-0.4, -0.2) is 10.8 Å². The maximum Gasteiger partial charge on any atom is 0.172 e. The van der Waals surface area contributed by atoms with Crippen LogP contribution in [0, 0.1) is 6.92 Å². The van der Waals surface area contributed by atoms with Gasteiger partial charge in [-0.15, -0.1) is 0 Å². The molecule has 92 valence electrons. The van der Waals surface area contributed by atoms with Crippen LogP contribution in [0.25, 0.3) is 0 Å². The number of hydrogen-bond donors (Lipinski definition) is 0. The van der Waals surface area contributed by atoms with Crippen molar-refractivity contribution >= 4 is 21.7 Å². The van der Waals surface area contributed by atoms with Gasteiger partial charge in [0.1, 0.15) is 0 Å². The molecule has 1 aromatic heterocycles. The number of pyridine rings is 1. The first kappa shape index (κ1) is 13.0. The summed E-state index contributed by atoms with van der Waals surface area (Å²) in [6.45, 7) is 3.87. The van der Waals surface area contributed by atoms with Crippen molar-refractivity contribution in [2.75, 3.05) is 0 Å². The fraction of sp³-hybridized carbons (Fsp3) is 0.200. The summed E-state index contributed by atoms with van der Waals surface area (Å²) in [7, 11) is 0. The standard InChI is InChI=1S/C15H14BrNO/c1-10-6-5-7-12(14(10)16)15(18)11(2)13-8-3-4-9-17-13/h3-9,11H,1-2H3. The van der Waals surface area contributed by atoms with Crippen LogP contribution in [0.5, 0.6) is 0 Å². The number of rotatable bonds is 3. The van der Waals surface area contributed by atoms with Gasteiger partial charge in [0.25, 0.3) is 0 Å². The summed E-state index contributed by atoms with van der Waals surface area (Å²) >= 11 is 3.48. The molecule has 1 atom stereocenters. The minimum Gasteiger partial charge on any atom is -0.293 e. The second-order valence-corrected chi connectivity index (χ2v) is 5.07. The summed E-state index contributed by atoms with van der Waals surface area (Å²) in [6.07, 6.45) is 1.71. The molecule has 1 aromatic carbocycles. The van der Waals surface area contributed by atoms with E-state index in [1.807, 2.05) is 50.2 Å². The Hall–Kier alpha value is -1.48. The van der Waals surface area contributed by atoms with Crippen molar-refractivity contribution in [3.8, 4) is 0 Å². The van der Waals surface area contributed by atoms with Crippen molar-refractivity contribution in [2.45, 2.75) is 19.8 Å². The molecular weight excluding hydrogens is 290 g/mol. The molecule has 0 radical (unpaired) electrons. The van der Waals surface area contributed by atoms with Gasteiger partial charge in [-0.2, -0.15) is 0 Å². The van der Waals surface area contributed by atoms with Gasteiger partial charge < -0.3 is 0 Å². The van der Waals surface area contributed by atoms with Crippen molar-refractivity contribution < 1.29 is 4.79 Å². The smallest absolute Gasteiger partial charge is 0.172 e. The molecule has 2 nitrogen and oxygen atoms in total. The molecule has 0 saturated heterocycles. The normalized spacial score (nSPS) is 12.2. The van der Waals surface area contributed by atoms with Crippen molar-refractivity contribution in [1.82, 2.24) is 4.98 Å². The van der Waals surface area contributed by atoms with E-state index in [1.165, 1.54) is 0 Å². The highest BCUT2D eigenvalue weighted by Gasteiger charge is 2.20.